The second kappa shape index (κ2) is 8.21. The van der Waals surface area contributed by atoms with Crippen molar-refractivity contribution in [1.29, 1.82) is 0 Å². The summed E-state index contributed by atoms with van der Waals surface area (Å²) >= 11 is 0. The minimum atomic E-state index is 0. The number of halogens is 1. The molecule has 0 rings (SSSR count). The fourth-order valence-electron chi connectivity index (χ4n) is 0.558. The van der Waals surface area contributed by atoms with Crippen molar-refractivity contribution in [3.63, 3.8) is 0 Å². The van der Waals surface area contributed by atoms with E-state index in [2.05, 4.69) is 6.92 Å². The predicted octanol–water partition coefficient (Wildman–Crippen LogP) is 0.918. The summed E-state index contributed by atoms with van der Waals surface area (Å²) in [5.41, 5.74) is 5.41. The number of hydrogen-bond donors (Lipinski definition) is 2. The number of aliphatic hydroxyl groups excluding tert-OH is 1. The molecule has 0 fully saturated rings. The number of rotatable bonds is 4. The molecule has 3 heteroatoms. The van der Waals surface area contributed by atoms with E-state index in [4.69, 9.17) is 10.8 Å². The fraction of sp³-hybridized carbons (Fsp3) is 1.00. The van der Waals surface area contributed by atoms with Crippen molar-refractivity contribution in [3.05, 3.63) is 0 Å². The number of unbranched alkanes of at least 4 members (excludes halogenated alkanes) is 1. The van der Waals surface area contributed by atoms with Crippen LogP contribution in [0.2, 0.25) is 0 Å². The molecule has 0 spiro atoms. The SMILES string of the molecule is CCCC[C@H](N)CO.Cl. The lowest BCUT2D eigenvalue weighted by molar-refractivity contribution is 0.258. The number of hydrogen-bond acceptors (Lipinski definition) is 2. The first-order chi connectivity index (χ1) is 3.81. The van der Waals surface area contributed by atoms with Crippen molar-refractivity contribution in [3.8, 4) is 0 Å². The Kier molecular flexibility index (Phi) is 10.9. The van der Waals surface area contributed by atoms with Gasteiger partial charge >= 0.3 is 0 Å². The van der Waals surface area contributed by atoms with E-state index < -0.39 is 0 Å². The van der Waals surface area contributed by atoms with E-state index in [-0.39, 0.29) is 25.1 Å². The molecule has 9 heavy (non-hydrogen) atoms. The average molecular weight is 154 g/mol. The third-order valence-corrected chi connectivity index (χ3v) is 1.16. The lowest BCUT2D eigenvalue weighted by Crippen LogP contribution is -2.23. The molecular weight excluding hydrogens is 138 g/mol. The van der Waals surface area contributed by atoms with Crippen molar-refractivity contribution < 1.29 is 5.11 Å². The summed E-state index contributed by atoms with van der Waals surface area (Å²) in [6.45, 7) is 2.24. The van der Waals surface area contributed by atoms with Gasteiger partial charge in [0.15, 0.2) is 0 Å². The molecule has 0 aromatic heterocycles. The highest BCUT2D eigenvalue weighted by Gasteiger charge is 1.96. The van der Waals surface area contributed by atoms with Crippen LogP contribution in [0.3, 0.4) is 0 Å². The Bertz CT molecular complexity index is 52.3. The molecule has 1 atom stereocenters. The lowest BCUT2D eigenvalue weighted by atomic mass is 10.1. The van der Waals surface area contributed by atoms with E-state index in [1.54, 1.807) is 0 Å². The molecule has 2 nitrogen and oxygen atoms in total. The van der Waals surface area contributed by atoms with Gasteiger partial charge in [-0.2, -0.15) is 0 Å². The Labute approximate surface area is 62.9 Å². The van der Waals surface area contributed by atoms with Crippen LogP contribution < -0.4 is 5.73 Å². The van der Waals surface area contributed by atoms with Gasteiger partial charge in [-0.3, -0.25) is 0 Å². The minimum absolute atomic E-state index is 0. The van der Waals surface area contributed by atoms with Crippen molar-refractivity contribution >= 4 is 12.4 Å². The van der Waals surface area contributed by atoms with E-state index in [0.717, 1.165) is 19.3 Å². The van der Waals surface area contributed by atoms with Gasteiger partial charge in [-0.15, -0.1) is 12.4 Å². The summed E-state index contributed by atoms with van der Waals surface area (Å²) in [7, 11) is 0. The summed E-state index contributed by atoms with van der Waals surface area (Å²) < 4.78 is 0. The van der Waals surface area contributed by atoms with Crippen LogP contribution in [0.15, 0.2) is 0 Å². The largest absolute Gasteiger partial charge is 0.395 e. The highest BCUT2D eigenvalue weighted by Crippen LogP contribution is 1.95. The molecule has 0 saturated carbocycles. The Morgan fingerprint density at radius 3 is 2.44 bits per heavy atom. The normalized spacial score (nSPS) is 12.3. The predicted molar refractivity (Wildman–Crippen MR) is 41.8 cm³/mol. The Morgan fingerprint density at radius 1 is 1.56 bits per heavy atom. The summed E-state index contributed by atoms with van der Waals surface area (Å²) in [5.74, 6) is 0. The quantitative estimate of drug-likeness (QED) is 0.631. The van der Waals surface area contributed by atoms with E-state index in [0.29, 0.717) is 0 Å². The van der Waals surface area contributed by atoms with E-state index in [1.165, 1.54) is 0 Å². The van der Waals surface area contributed by atoms with Crippen LogP contribution in [0.4, 0.5) is 0 Å². The third kappa shape index (κ3) is 8.21. The van der Waals surface area contributed by atoms with Gasteiger partial charge in [0, 0.05) is 6.04 Å². The number of aliphatic hydroxyl groups is 1. The maximum Gasteiger partial charge on any atom is 0.0582 e. The van der Waals surface area contributed by atoms with Crippen LogP contribution in [-0.4, -0.2) is 17.8 Å². The topological polar surface area (TPSA) is 46.2 Å². The standard InChI is InChI=1S/C6H15NO.ClH/c1-2-3-4-6(7)5-8;/h6,8H,2-5,7H2,1H3;1H/t6-;/m0./s1. The average Bonchev–Trinajstić information content (AvgIpc) is 1.83. The lowest BCUT2D eigenvalue weighted by Gasteiger charge is -2.04. The van der Waals surface area contributed by atoms with E-state index in [1.807, 2.05) is 0 Å². The van der Waals surface area contributed by atoms with Crippen LogP contribution in [-0.2, 0) is 0 Å². The Balaban J connectivity index is 0. The zero-order valence-corrected chi connectivity index (χ0v) is 6.66. The van der Waals surface area contributed by atoms with Crippen LogP contribution >= 0.6 is 12.4 Å². The molecule has 0 saturated heterocycles. The van der Waals surface area contributed by atoms with Crippen molar-refractivity contribution in [2.75, 3.05) is 6.61 Å². The molecule has 0 radical (unpaired) electrons. The van der Waals surface area contributed by atoms with Crippen molar-refractivity contribution in [2.24, 2.45) is 5.73 Å². The molecule has 0 aromatic rings. The summed E-state index contributed by atoms with van der Waals surface area (Å²) in [4.78, 5) is 0. The summed E-state index contributed by atoms with van der Waals surface area (Å²) in [6, 6.07) is 0.00921. The second-order valence-electron chi connectivity index (χ2n) is 2.08. The van der Waals surface area contributed by atoms with Gasteiger partial charge in [-0.1, -0.05) is 19.8 Å². The van der Waals surface area contributed by atoms with Gasteiger partial charge in [-0.05, 0) is 6.42 Å². The Hall–Kier alpha value is 0.210. The second-order valence-corrected chi connectivity index (χ2v) is 2.08. The van der Waals surface area contributed by atoms with Gasteiger partial charge < -0.3 is 10.8 Å². The van der Waals surface area contributed by atoms with Crippen LogP contribution in [0, 0.1) is 0 Å². The van der Waals surface area contributed by atoms with E-state index >= 15 is 0 Å². The molecule has 0 unspecified atom stereocenters. The maximum atomic E-state index is 8.44. The monoisotopic (exact) mass is 153 g/mol. The molecule has 0 bridgehead atoms. The first kappa shape index (κ1) is 11.9. The molecule has 0 aliphatic rings. The first-order valence-corrected chi connectivity index (χ1v) is 3.17. The molecule has 0 aliphatic carbocycles. The van der Waals surface area contributed by atoms with Crippen LogP contribution in [0.25, 0.3) is 0 Å². The summed E-state index contributed by atoms with van der Waals surface area (Å²) in [5, 5.41) is 8.44. The third-order valence-electron chi connectivity index (χ3n) is 1.16. The number of nitrogens with two attached hydrogens (primary N) is 1. The zero-order chi connectivity index (χ0) is 6.41. The van der Waals surface area contributed by atoms with Gasteiger partial charge in [0.05, 0.1) is 6.61 Å². The van der Waals surface area contributed by atoms with Gasteiger partial charge in [0.25, 0.3) is 0 Å². The van der Waals surface area contributed by atoms with Gasteiger partial charge in [-0.25, -0.2) is 0 Å². The van der Waals surface area contributed by atoms with E-state index in [9.17, 15) is 0 Å². The van der Waals surface area contributed by atoms with Gasteiger partial charge in [0.2, 0.25) is 0 Å². The fourth-order valence-corrected chi connectivity index (χ4v) is 0.558. The molecule has 3 N–H and O–H groups in total. The molecule has 0 aromatic carbocycles. The van der Waals surface area contributed by atoms with Crippen molar-refractivity contribution in [1.82, 2.24) is 0 Å². The van der Waals surface area contributed by atoms with Crippen molar-refractivity contribution in [2.45, 2.75) is 32.2 Å². The highest BCUT2D eigenvalue weighted by molar-refractivity contribution is 5.85. The highest BCUT2D eigenvalue weighted by atomic mass is 35.5. The van der Waals surface area contributed by atoms with Crippen LogP contribution in [0.5, 0.6) is 0 Å². The smallest absolute Gasteiger partial charge is 0.0582 e. The minimum Gasteiger partial charge on any atom is -0.395 e. The zero-order valence-electron chi connectivity index (χ0n) is 5.84. The Morgan fingerprint density at radius 2 is 2.11 bits per heavy atom. The van der Waals surface area contributed by atoms with Gasteiger partial charge in [0.1, 0.15) is 0 Å². The maximum absolute atomic E-state index is 8.44. The first-order valence-electron chi connectivity index (χ1n) is 3.17. The molecule has 0 amide bonds. The molecule has 0 aliphatic heterocycles. The summed E-state index contributed by atoms with van der Waals surface area (Å²) in [6.07, 6.45) is 3.24. The van der Waals surface area contributed by atoms with Crippen LogP contribution in [0.1, 0.15) is 26.2 Å². The molecule has 0 heterocycles. The molecular formula is C6H16ClNO. The molecule has 58 valence electrons.